The molecular weight excluding hydrogens is 230 g/mol. The van der Waals surface area contributed by atoms with Crippen LogP contribution in [0.1, 0.15) is 12.5 Å². The van der Waals surface area contributed by atoms with Crippen LogP contribution in [0.5, 0.6) is 0 Å². The Morgan fingerprint density at radius 1 is 1.24 bits per heavy atom. The Hall–Kier alpha value is -1.48. The second kappa shape index (κ2) is 5.23. The fraction of sp³-hybridized carbons (Fsp3) is 0.214. The van der Waals surface area contributed by atoms with Crippen LogP contribution in [-0.4, -0.2) is 11.2 Å². The zero-order valence-electron chi connectivity index (χ0n) is 9.68. The highest BCUT2D eigenvalue weighted by Crippen LogP contribution is 2.18. The minimum absolute atomic E-state index is 0.0405. The van der Waals surface area contributed by atoms with E-state index in [9.17, 15) is 4.79 Å². The maximum Gasteiger partial charge on any atom is 0.232 e. The fourth-order valence-electron chi connectivity index (χ4n) is 1.78. The maximum atomic E-state index is 11.5. The molecule has 3 heteroatoms. The van der Waals surface area contributed by atoms with Crippen molar-refractivity contribution in [2.24, 2.45) is 0 Å². The van der Waals surface area contributed by atoms with Crippen LogP contribution in [0.4, 0.5) is 0 Å². The number of nitrogens with one attached hydrogen (secondary N) is 1. The Kier molecular flexibility index (Phi) is 3.69. The number of thiol groups is 1. The van der Waals surface area contributed by atoms with E-state index >= 15 is 0 Å². The van der Waals surface area contributed by atoms with Gasteiger partial charge in [0.2, 0.25) is 5.91 Å². The van der Waals surface area contributed by atoms with Gasteiger partial charge in [-0.1, -0.05) is 42.5 Å². The highest BCUT2D eigenvalue weighted by molar-refractivity contribution is 7.81. The first kappa shape index (κ1) is 12.0. The predicted octanol–water partition coefficient (Wildman–Crippen LogP) is 2.77. The van der Waals surface area contributed by atoms with Crippen molar-refractivity contribution >= 4 is 29.3 Å². The molecule has 0 aliphatic rings. The summed E-state index contributed by atoms with van der Waals surface area (Å²) >= 11 is 4.10. The van der Waals surface area contributed by atoms with Gasteiger partial charge >= 0.3 is 0 Å². The molecule has 0 aliphatic heterocycles. The third-order valence-electron chi connectivity index (χ3n) is 2.71. The molecule has 1 amide bonds. The predicted molar refractivity (Wildman–Crippen MR) is 74.2 cm³/mol. The van der Waals surface area contributed by atoms with E-state index in [0.29, 0.717) is 6.54 Å². The molecule has 0 aromatic heterocycles. The summed E-state index contributed by atoms with van der Waals surface area (Å²) in [5, 5.41) is 4.98. The Labute approximate surface area is 106 Å². The Balaban J connectivity index is 2.21. The monoisotopic (exact) mass is 245 g/mol. The molecule has 17 heavy (non-hydrogen) atoms. The van der Waals surface area contributed by atoms with E-state index in [1.807, 2.05) is 24.3 Å². The average molecular weight is 245 g/mol. The summed E-state index contributed by atoms with van der Waals surface area (Å²) in [7, 11) is 0. The molecular formula is C14H15NOS. The minimum Gasteiger partial charge on any atom is -0.351 e. The van der Waals surface area contributed by atoms with Gasteiger partial charge in [-0.2, -0.15) is 12.6 Å². The second-order valence-corrected chi connectivity index (χ2v) is 4.81. The topological polar surface area (TPSA) is 29.1 Å². The molecule has 0 saturated carbocycles. The summed E-state index contributed by atoms with van der Waals surface area (Å²) in [6.07, 6.45) is 0. The van der Waals surface area contributed by atoms with Crippen molar-refractivity contribution in [2.75, 3.05) is 0 Å². The van der Waals surface area contributed by atoms with Crippen molar-refractivity contribution in [2.45, 2.75) is 18.7 Å². The van der Waals surface area contributed by atoms with Crippen LogP contribution in [0.3, 0.4) is 0 Å². The van der Waals surface area contributed by atoms with Gasteiger partial charge in [0, 0.05) is 6.54 Å². The number of carbonyl (C=O) groups is 1. The van der Waals surface area contributed by atoms with E-state index in [1.54, 1.807) is 6.92 Å². The summed E-state index contributed by atoms with van der Waals surface area (Å²) in [4.78, 5) is 11.5. The molecule has 2 nitrogen and oxygen atoms in total. The summed E-state index contributed by atoms with van der Waals surface area (Å²) in [6.45, 7) is 2.31. The number of hydrogen-bond acceptors (Lipinski definition) is 2. The lowest BCUT2D eigenvalue weighted by Gasteiger charge is -2.09. The van der Waals surface area contributed by atoms with Gasteiger partial charge < -0.3 is 5.32 Å². The SMILES string of the molecule is CC(S)C(=O)NCc1cccc2ccccc12. The van der Waals surface area contributed by atoms with E-state index in [0.717, 1.165) is 5.56 Å². The van der Waals surface area contributed by atoms with Crippen molar-refractivity contribution in [1.82, 2.24) is 5.32 Å². The zero-order chi connectivity index (χ0) is 12.3. The van der Waals surface area contributed by atoms with E-state index in [1.165, 1.54) is 10.8 Å². The highest BCUT2D eigenvalue weighted by atomic mass is 32.1. The van der Waals surface area contributed by atoms with Gasteiger partial charge in [0.15, 0.2) is 0 Å². The first-order chi connectivity index (χ1) is 8.18. The molecule has 2 aromatic rings. The average Bonchev–Trinajstić information content (AvgIpc) is 2.35. The van der Waals surface area contributed by atoms with Gasteiger partial charge in [-0.15, -0.1) is 0 Å². The summed E-state index contributed by atoms with van der Waals surface area (Å²) in [5.41, 5.74) is 1.13. The van der Waals surface area contributed by atoms with Crippen molar-refractivity contribution in [3.63, 3.8) is 0 Å². The van der Waals surface area contributed by atoms with E-state index in [-0.39, 0.29) is 11.2 Å². The quantitative estimate of drug-likeness (QED) is 0.800. The molecule has 0 radical (unpaired) electrons. The molecule has 0 heterocycles. The first-order valence-corrected chi connectivity index (χ1v) is 6.12. The molecule has 0 bridgehead atoms. The van der Waals surface area contributed by atoms with Gasteiger partial charge in [0.1, 0.15) is 0 Å². The third kappa shape index (κ3) is 2.80. The maximum absolute atomic E-state index is 11.5. The van der Waals surface area contributed by atoms with Crippen molar-refractivity contribution in [3.05, 3.63) is 48.0 Å². The summed E-state index contributed by atoms with van der Waals surface area (Å²) in [5.74, 6) is -0.0405. The third-order valence-corrected chi connectivity index (χ3v) is 2.95. The number of fused-ring (bicyclic) bond motifs is 1. The summed E-state index contributed by atoms with van der Waals surface area (Å²) < 4.78 is 0. The smallest absolute Gasteiger partial charge is 0.232 e. The van der Waals surface area contributed by atoms with E-state index in [2.05, 4.69) is 36.1 Å². The van der Waals surface area contributed by atoms with Crippen molar-refractivity contribution in [1.29, 1.82) is 0 Å². The van der Waals surface area contributed by atoms with Gasteiger partial charge in [0.05, 0.1) is 5.25 Å². The molecule has 2 rings (SSSR count). The van der Waals surface area contributed by atoms with Gasteiger partial charge in [0.25, 0.3) is 0 Å². The van der Waals surface area contributed by atoms with Crippen molar-refractivity contribution in [3.8, 4) is 0 Å². The lowest BCUT2D eigenvalue weighted by Crippen LogP contribution is -2.29. The zero-order valence-corrected chi connectivity index (χ0v) is 10.6. The normalized spacial score (nSPS) is 12.4. The van der Waals surface area contributed by atoms with Gasteiger partial charge in [-0.25, -0.2) is 0 Å². The van der Waals surface area contributed by atoms with Crippen LogP contribution in [0.15, 0.2) is 42.5 Å². The molecule has 2 aromatic carbocycles. The van der Waals surface area contributed by atoms with Crippen LogP contribution < -0.4 is 5.32 Å². The Bertz CT molecular complexity index is 531. The number of hydrogen-bond donors (Lipinski definition) is 2. The van der Waals surface area contributed by atoms with Gasteiger partial charge in [-0.3, -0.25) is 4.79 Å². The number of carbonyl (C=O) groups excluding carboxylic acids is 1. The number of amides is 1. The molecule has 1 atom stereocenters. The molecule has 0 fully saturated rings. The minimum atomic E-state index is -0.273. The lowest BCUT2D eigenvalue weighted by atomic mass is 10.0. The lowest BCUT2D eigenvalue weighted by molar-refractivity contribution is -0.120. The standard InChI is InChI=1S/C14H15NOS/c1-10(17)14(16)15-9-12-7-4-6-11-5-2-3-8-13(11)12/h2-8,10,17H,9H2,1H3,(H,15,16). The largest absolute Gasteiger partial charge is 0.351 e. The van der Waals surface area contributed by atoms with Crippen LogP contribution >= 0.6 is 12.6 Å². The van der Waals surface area contributed by atoms with E-state index < -0.39 is 0 Å². The van der Waals surface area contributed by atoms with Crippen LogP contribution in [-0.2, 0) is 11.3 Å². The molecule has 1 N–H and O–H groups in total. The number of rotatable bonds is 3. The van der Waals surface area contributed by atoms with Gasteiger partial charge in [-0.05, 0) is 23.3 Å². The van der Waals surface area contributed by atoms with E-state index in [4.69, 9.17) is 0 Å². The Morgan fingerprint density at radius 2 is 1.94 bits per heavy atom. The van der Waals surface area contributed by atoms with Crippen LogP contribution in [0.25, 0.3) is 10.8 Å². The van der Waals surface area contributed by atoms with Crippen LogP contribution in [0, 0.1) is 0 Å². The molecule has 0 aliphatic carbocycles. The van der Waals surface area contributed by atoms with Crippen molar-refractivity contribution < 1.29 is 4.79 Å². The molecule has 0 saturated heterocycles. The highest BCUT2D eigenvalue weighted by Gasteiger charge is 2.07. The molecule has 0 spiro atoms. The van der Waals surface area contributed by atoms with Crippen LogP contribution in [0.2, 0.25) is 0 Å². The number of benzene rings is 2. The Morgan fingerprint density at radius 3 is 2.71 bits per heavy atom. The molecule has 1 unspecified atom stereocenters. The first-order valence-electron chi connectivity index (χ1n) is 5.61. The summed E-state index contributed by atoms with van der Waals surface area (Å²) in [6, 6.07) is 14.3. The second-order valence-electron chi connectivity index (χ2n) is 4.03. The fourth-order valence-corrected chi connectivity index (χ4v) is 1.87. The molecule has 88 valence electrons.